The van der Waals surface area contributed by atoms with Crippen LogP contribution in [0, 0.1) is 25.7 Å². The number of nitrogens with two attached hydrogens (primary N) is 2. The molecule has 5 aromatic rings. The molecular weight excluding hydrogens is 830 g/mol. The summed E-state index contributed by atoms with van der Waals surface area (Å²) in [6.45, 7) is 9.24. The Kier molecular flexibility index (Phi) is 14.3. The fourth-order valence-corrected chi connectivity index (χ4v) is 7.40. The molecule has 0 bridgehead atoms. The van der Waals surface area contributed by atoms with E-state index in [1.54, 1.807) is 18.2 Å². The molecule has 2 saturated heterocycles. The number of nitrogen functional groups attached to an aromatic ring is 2. The van der Waals surface area contributed by atoms with E-state index in [0.717, 1.165) is 22.6 Å². The predicted octanol–water partition coefficient (Wildman–Crippen LogP) is 3.25. The van der Waals surface area contributed by atoms with Crippen LogP contribution < -0.4 is 26.0 Å². The molecule has 2 fully saturated rings. The number of hydrogen-bond acceptors (Lipinski definition) is 17. The van der Waals surface area contributed by atoms with Crippen LogP contribution in [0.5, 0.6) is 5.75 Å². The Balaban J connectivity index is 0.860. The minimum absolute atomic E-state index is 0.0115. The summed E-state index contributed by atoms with van der Waals surface area (Å²) in [6, 6.07) is 0. The average molecular weight is 877 g/mol. The second-order valence-electron chi connectivity index (χ2n) is 14.4. The van der Waals surface area contributed by atoms with Crippen LogP contribution >= 0.6 is 11.6 Å². The molecule has 7 heterocycles. The number of rotatable bonds is 15. The van der Waals surface area contributed by atoms with Crippen molar-refractivity contribution >= 4 is 52.3 Å². The molecule has 1 amide bonds. The number of anilines is 4. The summed E-state index contributed by atoms with van der Waals surface area (Å²) < 4.78 is 52.4. The monoisotopic (exact) mass is 876 g/mol. The summed E-state index contributed by atoms with van der Waals surface area (Å²) in [7, 11) is 1.64. The molecule has 5 aromatic heterocycles. The highest BCUT2D eigenvalue weighted by molar-refractivity contribution is 6.34. The number of carbonyl (C=O) groups excluding carboxylic acids is 1. The van der Waals surface area contributed by atoms with E-state index in [2.05, 4.69) is 51.7 Å². The van der Waals surface area contributed by atoms with Gasteiger partial charge in [-0.1, -0.05) is 23.4 Å². The Bertz CT molecular complexity index is 2450. The van der Waals surface area contributed by atoms with E-state index in [1.807, 2.05) is 34.4 Å². The number of carbonyl (C=O) groups is 1. The second kappa shape index (κ2) is 20.2. The molecule has 328 valence electrons. The van der Waals surface area contributed by atoms with Crippen molar-refractivity contribution in [3.63, 3.8) is 0 Å². The van der Waals surface area contributed by atoms with Gasteiger partial charge in [-0.2, -0.15) is 19.9 Å². The van der Waals surface area contributed by atoms with E-state index in [0.29, 0.717) is 107 Å². The highest BCUT2D eigenvalue weighted by atomic mass is 35.5. The molecular formula is C40H47ClF2N14O5. The third kappa shape index (κ3) is 10.3. The van der Waals surface area contributed by atoms with Crippen LogP contribution in [0.25, 0.3) is 22.4 Å². The minimum Gasteiger partial charge on any atom is -0.496 e. The van der Waals surface area contributed by atoms with Gasteiger partial charge < -0.3 is 49.7 Å². The molecule has 4 N–H and O–H groups in total. The van der Waals surface area contributed by atoms with Gasteiger partial charge in [0.1, 0.15) is 28.9 Å². The summed E-state index contributed by atoms with van der Waals surface area (Å²) >= 11 is 6.51. The topological polar surface area (TPSA) is 224 Å². The number of hydrogen-bond donors (Lipinski definition) is 2. The lowest BCUT2D eigenvalue weighted by Crippen LogP contribution is -2.49. The Morgan fingerprint density at radius 1 is 0.903 bits per heavy atom. The highest BCUT2D eigenvalue weighted by Crippen LogP contribution is 2.31. The summed E-state index contributed by atoms with van der Waals surface area (Å²) in [5.41, 5.74) is 14.8. The molecule has 62 heavy (non-hydrogen) atoms. The van der Waals surface area contributed by atoms with Gasteiger partial charge in [0.2, 0.25) is 29.7 Å². The van der Waals surface area contributed by atoms with Gasteiger partial charge in [0.15, 0.2) is 5.82 Å². The molecule has 0 spiro atoms. The van der Waals surface area contributed by atoms with Gasteiger partial charge in [-0.05, 0) is 20.3 Å². The first-order valence-corrected chi connectivity index (χ1v) is 20.4. The Hall–Kier alpha value is -6.08. The first-order chi connectivity index (χ1) is 30.0. The Labute approximate surface area is 361 Å². The van der Waals surface area contributed by atoms with Gasteiger partial charge in [0, 0.05) is 75.6 Å². The molecule has 0 radical (unpaired) electrons. The molecule has 22 heteroatoms. The van der Waals surface area contributed by atoms with Gasteiger partial charge in [-0.15, -0.1) is 0 Å². The zero-order valence-corrected chi connectivity index (χ0v) is 35.4. The maximum atomic E-state index is 14.0. The van der Waals surface area contributed by atoms with Gasteiger partial charge in [0.25, 0.3) is 6.43 Å². The van der Waals surface area contributed by atoms with Gasteiger partial charge >= 0.3 is 0 Å². The van der Waals surface area contributed by atoms with Gasteiger partial charge in [-0.3, -0.25) is 9.78 Å². The molecule has 0 aliphatic carbocycles. The molecule has 7 rings (SSSR count). The number of aryl methyl sites for hydroxylation is 1. The highest BCUT2D eigenvalue weighted by Gasteiger charge is 2.27. The van der Waals surface area contributed by atoms with Crippen molar-refractivity contribution in [2.24, 2.45) is 0 Å². The largest absolute Gasteiger partial charge is 0.496 e. The number of alkyl halides is 2. The predicted molar refractivity (Wildman–Crippen MR) is 226 cm³/mol. The second-order valence-corrected chi connectivity index (χ2v) is 14.8. The van der Waals surface area contributed by atoms with Crippen molar-refractivity contribution in [2.45, 2.75) is 39.7 Å². The molecule has 0 unspecified atom stereocenters. The quantitative estimate of drug-likeness (QED) is 0.0875. The number of pyridine rings is 1. The van der Waals surface area contributed by atoms with Crippen LogP contribution in [0.2, 0.25) is 5.15 Å². The number of methoxy groups -OCH3 is 1. The van der Waals surface area contributed by atoms with Crippen LogP contribution in [0.4, 0.5) is 32.6 Å². The van der Waals surface area contributed by atoms with Crippen LogP contribution in [0.15, 0.2) is 18.6 Å². The fourth-order valence-electron chi connectivity index (χ4n) is 7.13. The van der Waals surface area contributed by atoms with Crippen molar-refractivity contribution < 1.29 is 32.5 Å². The normalized spacial score (nSPS) is 14.4. The lowest BCUT2D eigenvalue weighted by Gasteiger charge is -2.35. The minimum atomic E-state index is -2.92. The zero-order valence-electron chi connectivity index (χ0n) is 34.6. The molecule has 2 aliphatic heterocycles. The summed E-state index contributed by atoms with van der Waals surface area (Å²) in [6.07, 6.45) is 2.73. The lowest BCUT2D eigenvalue weighted by atomic mass is 10.1. The average Bonchev–Trinajstić information content (AvgIpc) is 3.62. The molecule has 0 saturated carbocycles. The standard InChI is InChI=1S/C40H47ClF2N14O5/c1-24-20-46-28(25(2)32(24)59-3)23-57-22-26(30-33(41)49-38(45)52-36(30)57)6-4-14-60-15-5-16-61-17-7-29(58)54-8-10-55(11-9-54)39-50-35(27-21-47-37(44)48-31(27)34(42)43)51-40(53-39)56-12-18-62-19-13-56/h20-22,34H,5,7-19,23H2,1-3H3,(H2,44,47,48)(H2,45,49,52). The molecule has 19 nitrogen and oxygen atoms in total. The van der Waals surface area contributed by atoms with E-state index >= 15 is 0 Å². The Morgan fingerprint density at radius 3 is 2.35 bits per heavy atom. The van der Waals surface area contributed by atoms with E-state index in [9.17, 15) is 13.6 Å². The summed E-state index contributed by atoms with van der Waals surface area (Å²) in [4.78, 5) is 53.2. The fraction of sp³-hybridized carbons (Fsp3) is 0.475. The number of nitrogens with zero attached hydrogens (tertiary/aromatic N) is 12. The van der Waals surface area contributed by atoms with E-state index in [1.165, 1.54) is 6.20 Å². The van der Waals surface area contributed by atoms with Crippen molar-refractivity contribution in [1.29, 1.82) is 0 Å². The third-order valence-corrected chi connectivity index (χ3v) is 10.6. The number of aromatic nitrogens is 9. The van der Waals surface area contributed by atoms with E-state index < -0.39 is 12.1 Å². The van der Waals surface area contributed by atoms with Crippen LogP contribution in [0.1, 0.15) is 47.3 Å². The first-order valence-electron chi connectivity index (χ1n) is 20.0. The Morgan fingerprint density at radius 2 is 1.63 bits per heavy atom. The van der Waals surface area contributed by atoms with Crippen LogP contribution in [-0.2, 0) is 25.5 Å². The summed E-state index contributed by atoms with van der Waals surface area (Å²) in [5.74, 6) is 7.32. The first kappa shape index (κ1) is 44.0. The zero-order chi connectivity index (χ0) is 43.8. The molecule has 2 aliphatic rings. The molecule has 0 atom stereocenters. The number of amides is 1. The number of fused-ring (bicyclic) bond motifs is 1. The van der Waals surface area contributed by atoms with Crippen molar-refractivity contribution in [3.05, 3.63) is 51.8 Å². The maximum Gasteiger partial charge on any atom is 0.281 e. The lowest BCUT2D eigenvalue weighted by molar-refractivity contribution is -0.132. The number of piperazine rings is 1. The number of ether oxygens (including phenoxy) is 4. The van der Waals surface area contributed by atoms with Gasteiger partial charge in [-0.25, -0.2) is 23.7 Å². The van der Waals surface area contributed by atoms with Crippen LogP contribution in [0.3, 0.4) is 0 Å². The van der Waals surface area contributed by atoms with Gasteiger partial charge in [0.05, 0.1) is 68.7 Å². The third-order valence-electron chi connectivity index (χ3n) is 10.3. The SMILES string of the molecule is COc1c(C)cnc(Cn2cc(C#CCOCCCOCCC(=O)N3CCN(c4nc(-c5cnc(N)nc5C(F)F)nc(N5CCOCC5)n4)CC3)c3c(Cl)nc(N)nc32)c1C. The van der Waals surface area contributed by atoms with Crippen molar-refractivity contribution in [3.8, 4) is 29.0 Å². The van der Waals surface area contributed by atoms with Crippen LogP contribution in [-0.4, -0.2) is 141 Å². The van der Waals surface area contributed by atoms with Crippen molar-refractivity contribution in [2.75, 3.05) is 107 Å². The van der Waals surface area contributed by atoms with E-state index in [4.69, 9.17) is 42.0 Å². The molecule has 0 aromatic carbocycles. The number of halogens is 3. The number of morpholine rings is 1. The smallest absolute Gasteiger partial charge is 0.281 e. The summed E-state index contributed by atoms with van der Waals surface area (Å²) in [5, 5.41) is 0.789. The van der Waals surface area contributed by atoms with Crippen molar-refractivity contribution in [1.82, 2.24) is 49.3 Å². The van der Waals surface area contributed by atoms with E-state index in [-0.39, 0.29) is 54.0 Å². The maximum absolute atomic E-state index is 14.0.